The maximum atomic E-state index is 13.6. The predicted molar refractivity (Wildman–Crippen MR) is 85.3 cm³/mol. The van der Waals surface area contributed by atoms with Crippen LogP contribution in [0.1, 0.15) is 0 Å². The molecule has 0 radical (unpaired) electrons. The van der Waals surface area contributed by atoms with E-state index in [4.69, 9.17) is 0 Å². The topological polar surface area (TPSA) is 32.9 Å². The van der Waals surface area contributed by atoms with Crippen molar-refractivity contribution in [2.75, 3.05) is 0 Å². The Balaban J connectivity index is 2.16. The third-order valence-corrected chi connectivity index (χ3v) is 4.60. The molecule has 0 fully saturated rings. The molecule has 0 aliphatic rings. The maximum absolute atomic E-state index is 13.6. The standard InChI is InChI=1S/C17H9F2NOS/c18-12-5-4-9(8-13(12)19)10-2-1-3-14-15(10)11-6-7-22-16(11)17(21)20-14/h1-8H,(H,20,21). The Kier molecular flexibility index (Phi) is 2.84. The highest BCUT2D eigenvalue weighted by Crippen LogP contribution is 2.34. The molecule has 2 heterocycles. The molecule has 2 aromatic heterocycles. The third kappa shape index (κ3) is 1.86. The Labute approximate surface area is 127 Å². The number of pyridine rings is 1. The lowest BCUT2D eigenvalue weighted by Crippen LogP contribution is -2.04. The molecule has 4 aromatic rings. The highest BCUT2D eigenvalue weighted by atomic mass is 32.1. The van der Waals surface area contributed by atoms with Crippen LogP contribution < -0.4 is 5.56 Å². The van der Waals surface area contributed by atoms with Crippen molar-refractivity contribution in [3.63, 3.8) is 0 Å². The van der Waals surface area contributed by atoms with Gasteiger partial charge in [0.15, 0.2) is 11.6 Å². The quantitative estimate of drug-likeness (QED) is 0.543. The smallest absolute Gasteiger partial charge is 0.266 e. The average Bonchev–Trinajstić information content (AvgIpc) is 3.00. The number of nitrogens with one attached hydrogen (secondary N) is 1. The van der Waals surface area contributed by atoms with Gasteiger partial charge in [0.2, 0.25) is 0 Å². The fourth-order valence-corrected chi connectivity index (χ4v) is 3.51. The molecule has 0 saturated carbocycles. The van der Waals surface area contributed by atoms with Crippen LogP contribution in [0.15, 0.2) is 52.6 Å². The number of hydrogen-bond donors (Lipinski definition) is 1. The normalized spacial score (nSPS) is 11.4. The molecular formula is C17H9F2NOS. The minimum Gasteiger partial charge on any atom is -0.321 e. The van der Waals surface area contributed by atoms with Crippen molar-refractivity contribution in [3.05, 3.63) is 69.8 Å². The largest absolute Gasteiger partial charge is 0.321 e. The molecule has 2 aromatic carbocycles. The van der Waals surface area contributed by atoms with E-state index in [1.54, 1.807) is 12.1 Å². The molecule has 0 saturated heterocycles. The second-order valence-electron chi connectivity index (χ2n) is 4.97. The van der Waals surface area contributed by atoms with E-state index in [1.165, 1.54) is 23.5 Å². The van der Waals surface area contributed by atoms with Crippen molar-refractivity contribution < 1.29 is 8.78 Å². The molecule has 5 heteroatoms. The van der Waals surface area contributed by atoms with Gasteiger partial charge in [-0.2, -0.15) is 0 Å². The number of rotatable bonds is 1. The Hall–Kier alpha value is -2.53. The summed E-state index contributed by atoms with van der Waals surface area (Å²) in [7, 11) is 0. The zero-order valence-electron chi connectivity index (χ0n) is 11.2. The van der Waals surface area contributed by atoms with E-state index in [-0.39, 0.29) is 5.56 Å². The van der Waals surface area contributed by atoms with E-state index in [1.807, 2.05) is 17.5 Å². The van der Waals surface area contributed by atoms with Gasteiger partial charge in [0.05, 0.1) is 0 Å². The molecule has 0 aliphatic heterocycles. The van der Waals surface area contributed by atoms with Gasteiger partial charge in [-0.15, -0.1) is 11.3 Å². The van der Waals surface area contributed by atoms with E-state index < -0.39 is 11.6 Å². The summed E-state index contributed by atoms with van der Waals surface area (Å²) in [5, 5.41) is 3.51. The first-order valence-electron chi connectivity index (χ1n) is 6.63. The summed E-state index contributed by atoms with van der Waals surface area (Å²) < 4.78 is 27.3. The van der Waals surface area contributed by atoms with Crippen molar-refractivity contribution in [1.29, 1.82) is 0 Å². The molecule has 0 unspecified atom stereocenters. The summed E-state index contributed by atoms with van der Waals surface area (Å²) in [4.78, 5) is 14.9. The Morgan fingerprint density at radius 1 is 1.00 bits per heavy atom. The molecule has 22 heavy (non-hydrogen) atoms. The Morgan fingerprint density at radius 3 is 2.68 bits per heavy atom. The molecule has 0 aliphatic carbocycles. The molecule has 4 rings (SSSR count). The lowest BCUT2D eigenvalue weighted by molar-refractivity contribution is 0.509. The highest BCUT2D eigenvalue weighted by molar-refractivity contribution is 7.17. The van der Waals surface area contributed by atoms with Crippen molar-refractivity contribution in [2.24, 2.45) is 0 Å². The SMILES string of the molecule is O=c1[nH]c2cccc(-c3ccc(F)c(F)c3)c2c2ccsc12. The molecule has 108 valence electrons. The van der Waals surface area contributed by atoms with Crippen LogP contribution in [0.4, 0.5) is 8.78 Å². The van der Waals surface area contributed by atoms with Gasteiger partial charge < -0.3 is 4.98 Å². The summed E-state index contributed by atoms with van der Waals surface area (Å²) >= 11 is 1.36. The van der Waals surface area contributed by atoms with Crippen LogP contribution in [0, 0.1) is 11.6 Å². The Morgan fingerprint density at radius 2 is 1.86 bits per heavy atom. The van der Waals surface area contributed by atoms with Gasteiger partial charge in [-0.25, -0.2) is 8.78 Å². The monoisotopic (exact) mass is 313 g/mol. The number of aromatic nitrogens is 1. The zero-order valence-corrected chi connectivity index (χ0v) is 12.0. The van der Waals surface area contributed by atoms with Crippen LogP contribution in [0.5, 0.6) is 0 Å². The average molecular weight is 313 g/mol. The van der Waals surface area contributed by atoms with Crippen LogP contribution in [0.3, 0.4) is 0 Å². The fourth-order valence-electron chi connectivity index (χ4n) is 2.71. The summed E-state index contributed by atoms with van der Waals surface area (Å²) in [5.74, 6) is -1.77. The summed E-state index contributed by atoms with van der Waals surface area (Å²) in [6.07, 6.45) is 0. The van der Waals surface area contributed by atoms with Crippen LogP contribution in [0.25, 0.3) is 32.1 Å². The van der Waals surface area contributed by atoms with Crippen molar-refractivity contribution in [2.45, 2.75) is 0 Å². The van der Waals surface area contributed by atoms with Crippen LogP contribution in [-0.2, 0) is 0 Å². The van der Waals surface area contributed by atoms with Gasteiger partial charge in [0.25, 0.3) is 5.56 Å². The van der Waals surface area contributed by atoms with Crippen molar-refractivity contribution >= 4 is 32.3 Å². The van der Waals surface area contributed by atoms with Crippen LogP contribution in [0.2, 0.25) is 0 Å². The molecule has 2 nitrogen and oxygen atoms in total. The lowest BCUT2D eigenvalue weighted by Gasteiger charge is -2.08. The van der Waals surface area contributed by atoms with Gasteiger partial charge in [-0.05, 0) is 40.8 Å². The molecule has 0 amide bonds. The van der Waals surface area contributed by atoms with Crippen molar-refractivity contribution in [1.82, 2.24) is 4.98 Å². The van der Waals surface area contributed by atoms with Gasteiger partial charge in [0, 0.05) is 16.3 Å². The molecule has 0 spiro atoms. The molecule has 1 N–H and O–H groups in total. The maximum Gasteiger partial charge on any atom is 0.266 e. The summed E-state index contributed by atoms with van der Waals surface area (Å²) in [5.41, 5.74) is 1.87. The van der Waals surface area contributed by atoms with Crippen LogP contribution >= 0.6 is 11.3 Å². The van der Waals surface area contributed by atoms with Gasteiger partial charge in [-0.1, -0.05) is 18.2 Å². The first-order valence-corrected chi connectivity index (χ1v) is 7.51. The van der Waals surface area contributed by atoms with E-state index in [0.29, 0.717) is 15.8 Å². The minimum absolute atomic E-state index is 0.139. The Bertz CT molecular complexity index is 1080. The number of fused-ring (bicyclic) bond motifs is 3. The first-order chi connectivity index (χ1) is 10.6. The van der Waals surface area contributed by atoms with Gasteiger partial charge in [-0.3, -0.25) is 4.79 Å². The number of H-pyrrole nitrogens is 1. The first kappa shape index (κ1) is 13.2. The number of hydrogen-bond acceptors (Lipinski definition) is 2. The molecule has 0 bridgehead atoms. The highest BCUT2D eigenvalue weighted by Gasteiger charge is 2.12. The summed E-state index contributed by atoms with van der Waals surface area (Å²) in [6, 6.07) is 11.1. The fraction of sp³-hybridized carbons (Fsp3) is 0. The van der Waals surface area contributed by atoms with Gasteiger partial charge >= 0.3 is 0 Å². The minimum atomic E-state index is -0.888. The second-order valence-corrected chi connectivity index (χ2v) is 5.89. The summed E-state index contributed by atoms with van der Waals surface area (Å²) in [6.45, 7) is 0. The zero-order chi connectivity index (χ0) is 15.3. The second kappa shape index (κ2) is 4.74. The molecular weight excluding hydrogens is 304 g/mol. The van der Waals surface area contributed by atoms with E-state index in [9.17, 15) is 13.6 Å². The van der Waals surface area contributed by atoms with E-state index >= 15 is 0 Å². The lowest BCUT2D eigenvalue weighted by atomic mass is 9.98. The number of benzene rings is 2. The van der Waals surface area contributed by atoms with Crippen molar-refractivity contribution in [3.8, 4) is 11.1 Å². The van der Waals surface area contributed by atoms with Crippen LogP contribution in [-0.4, -0.2) is 4.98 Å². The number of halogens is 2. The van der Waals surface area contributed by atoms with E-state index in [2.05, 4.69) is 4.98 Å². The molecule has 0 atom stereocenters. The van der Waals surface area contributed by atoms with E-state index in [0.717, 1.165) is 22.4 Å². The number of thiophene rings is 1. The van der Waals surface area contributed by atoms with Gasteiger partial charge in [0.1, 0.15) is 4.70 Å². The third-order valence-electron chi connectivity index (χ3n) is 3.68. The number of aromatic amines is 1. The predicted octanol–water partition coefficient (Wildman–Crippen LogP) is 4.69.